The van der Waals surface area contributed by atoms with Gasteiger partial charge in [-0.05, 0) is 31.2 Å². The number of urea groups is 1. The van der Waals surface area contributed by atoms with Crippen LogP contribution in [-0.2, 0) is 0 Å². The standard InChI is InChI=1S/C20H27N9O/c21-16-17-4-1-5-22-18(17)23-9-10-27-20(30)26-8-3-11-28-12-14-29(15-13-28)19-24-6-2-7-25-19/h1-2,4-7H,3,8-15H2,(H,22,23)(H2,26,27,30). The van der Waals surface area contributed by atoms with Gasteiger partial charge in [0.15, 0.2) is 0 Å². The number of piperazine rings is 1. The summed E-state index contributed by atoms with van der Waals surface area (Å²) in [5.41, 5.74) is 0.485. The number of anilines is 2. The Morgan fingerprint density at radius 1 is 1.00 bits per heavy atom. The minimum atomic E-state index is -0.190. The first-order valence-electron chi connectivity index (χ1n) is 10.1. The Kier molecular flexibility index (Phi) is 8.17. The van der Waals surface area contributed by atoms with Gasteiger partial charge >= 0.3 is 6.03 Å². The van der Waals surface area contributed by atoms with E-state index in [-0.39, 0.29) is 6.03 Å². The average molecular weight is 409 g/mol. The molecule has 0 unspecified atom stereocenters. The molecule has 3 N–H and O–H groups in total. The fourth-order valence-corrected chi connectivity index (χ4v) is 3.19. The molecule has 0 aliphatic carbocycles. The molecule has 10 heteroatoms. The third-order valence-electron chi connectivity index (χ3n) is 4.78. The number of amides is 2. The van der Waals surface area contributed by atoms with Crippen molar-refractivity contribution in [2.75, 3.05) is 62.6 Å². The molecule has 0 aromatic carbocycles. The van der Waals surface area contributed by atoms with E-state index in [9.17, 15) is 4.79 Å². The van der Waals surface area contributed by atoms with Gasteiger partial charge in [0.2, 0.25) is 5.95 Å². The molecule has 0 saturated carbocycles. The maximum atomic E-state index is 11.9. The number of pyridine rings is 1. The molecule has 158 valence electrons. The Morgan fingerprint density at radius 3 is 2.50 bits per heavy atom. The summed E-state index contributed by atoms with van der Waals surface area (Å²) in [6.45, 7) is 6.26. The van der Waals surface area contributed by atoms with Crippen molar-refractivity contribution in [2.24, 2.45) is 0 Å². The normalized spacial score (nSPS) is 14.0. The highest BCUT2D eigenvalue weighted by Gasteiger charge is 2.18. The van der Waals surface area contributed by atoms with Crippen LogP contribution in [0.3, 0.4) is 0 Å². The van der Waals surface area contributed by atoms with E-state index in [1.807, 2.05) is 6.07 Å². The number of aromatic nitrogens is 3. The van der Waals surface area contributed by atoms with Crippen molar-refractivity contribution < 1.29 is 4.79 Å². The fraction of sp³-hybridized carbons (Fsp3) is 0.450. The van der Waals surface area contributed by atoms with Crippen molar-refractivity contribution in [1.29, 1.82) is 5.26 Å². The summed E-state index contributed by atoms with van der Waals surface area (Å²) >= 11 is 0. The molecule has 0 spiro atoms. The lowest BCUT2D eigenvalue weighted by atomic mass is 10.3. The Balaban J connectivity index is 1.22. The zero-order chi connectivity index (χ0) is 21.0. The summed E-state index contributed by atoms with van der Waals surface area (Å²) in [5.74, 6) is 1.32. The highest BCUT2D eigenvalue weighted by Crippen LogP contribution is 2.10. The molecule has 1 aliphatic heterocycles. The highest BCUT2D eigenvalue weighted by molar-refractivity contribution is 5.73. The van der Waals surface area contributed by atoms with E-state index in [0.717, 1.165) is 45.1 Å². The molecule has 1 aliphatic rings. The van der Waals surface area contributed by atoms with Crippen molar-refractivity contribution in [3.05, 3.63) is 42.4 Å². The van der Waals surface area contributed by atoms with Crippen LogP contribution in [0.1, 0.15) is 12.0 Å². The van der Waals surface area contributed by atoms with Crippen molar-refractivity contribution in [1.82, 2.24) is 30.5 Å². The molecular formula is C20H27N9O. The van der Waals surface area contributed by atoms with Crippen molar-refractivity contribution >= 4 is 17.8 Å². The number of nitrogens with one attached hydrogen (secondary N) is 3. The molecule has 0 radical (unpaired) electrons. The topological polar surface area (TPSA) is 122 Å². The molecule has 2 aromatic rings. The minimum Gasteiger partial charge on any atom is -0.367 e. The Morgan fingerprint density at radius 2 is 1.73 bits per heavy atom. The van der Waals surface area contributed by atoms with Crippen LogP contribution in [-0.4, -0.2) is 78.2 Å². The first kappa shape index (κ1) is 21.3. The highest BCUT2D eigenvalue weighted by atomic mass is 16.2. The Labute approximate surface area is 176 Å². The lowest BCUT2D eigenvalue weighted by Gasteiger charge is -2.34. The Bertz CT molecular complexity index is 832. The van der Waals surface area contributed by atoms with E-state index in [2.05, 4.69) is 46.8 Å². The van der Waals surface area contributed by atoms with Gasteiger partial charge in [-0.2, -0.15) is 5.26 Å². The quantitative estimate of drug-likeness (QED) is 0.517. The molecule has 1 fully saturated rings. The van der Waals surface area contributed by atoms with Gasteiger partial charge in [-0.15, -0.1) is 0 Å². The summed E-state index contributed by atoms with van der Waals surface area (Å²) in [6.07, 6.45) is 6.05. The number of nitrogens with zero attached hydrogens (tertiary/aromatic N) is 6. The van der Waals surface area contributed by atoms with Crippen LogP contribution in [0.4, 0.5) is 16.6 Å². The molecule has 10 nitrogen and oxygen atoms in total. The van der Waals surface area contributed by atoms with Gasteiger partial charge in [-0.3, -0.25) is 4.90 Å². The van der Waals surface area contributed by atoms with Gasteiger partial charge in [0.05, 0.1) is 5.56 Å². The molecule has 3 heterocycles. The Hall–Kier alpha value is -3.45. The van der Waals surface area contributed by atoms with E-state index in [4.69, 9.17) is 5.26 Å². The van der Waals surface area contributed by atoms with Crippen LogP contribution < -0.4 is 20.9 Å². The predicted octanol–water partition coefficient (Wildman–Crippen LogP) is 0.667. The van der Waals surface area contributed by atoms with Gasteiger partial charge in [0, 0.05) is 64.4 Å². The van der Waals surface area contributed by atoms with Crippen LogP contribution in [0.25, 0.3) is 0 Å². The van der Waals surface area contributed by atoms with Gasteiger partial charge in [0.1, 0.15) is 11.9 Å². The number of rotatable bonds is 9. The largest absolute Gasteiger partial charge is 0.367 e. The zero-order valence-electron chi connectivity index (χ0n) is 16.9. The summed E-state index contributed by atoms with van der Waals surface area (Å²) in [5, 5.41) is 17.7. The molecule has 2 amide bonds. The molecule has 1 saturated heterocycles. The van der Waals surface area contributed by atoms with Crippen molar-refractivity contribution in [2.45, 2.75) is 6.42 Å². The van der Waals surface area contributed by atoms with E-state index in [1.165, 1.54) is 0 Å². The van der Waals surface area contributed by atoms with Crippen LogP contribution in [0, 0.1) is 11.3 Å². The summed E-state index contributed by atoms with van der Waals surface area (Å²) < 4.78 is 0. The van der Waals surface area contributed by atoms with Gasteiger partial charge in [-0.25, -0.2) is 19.7 Å². The second kappa shape index (κ2) is 11.5. The van der Waals surface area contributed by atoms with Crippen molar-refractivity contribution in [3.8, 4) is 6.07 Å². The lowest BCUT2D eigenvalue weighted by molar-refractivity contribution is 0.236. The number of carbonyl (C=O) groups is 1. The smallest absolute Gasteiger partial charge is 0.314 e. The summed E-state index contributed by atoms with van der Waals surface area (Å²) in [6, 6.07) is 7.13. The monoisotopic (exact) mass is 409 g/mol. The second-order valence-corrected chi connectivity index (χ2v) is 6.85. The van der Waals surface area contributed by atoms with Gasteiger partial charge < -0.3 is 20.9 Å². The molecule has 0 bridgehead atoms. The fourth-order valence-electron chi connectivity index (χ4n) is 3.19. The van der Waals surface area contributed by atoms with Crippen LogP contribution in [0.2, 0.25) is 0 Å². The average Bonchev–Trinajstić information content (AvgIpc) is 2.81. The van der Waals surface area contributed by atoms with E-state index < -0.39 is 0 Å². The molecule has 0 atom stereocenters. The molecular weight excluding hydrogens is 382 g/mol. The number of hydrogen-bond acceptors (Lipinski definition) is 8. The first-order chi connectivity index (χ1) is 14.8. The van der Waals surface area contributed by atoms with E-state index in [1.54, 1.807) is 30.7 Å². The summed E-state index contributed by atoms with van der Waals surface area (Å²) in [7, 11) is 0. The molecule has 30 heavy (non-hydrogen) atoms. The van der Waals surface area contributed by atoms with Gasteiger partial charge in [-0.1, -0.05) is 0 Å². The van der Waals surface area contributed by atoms with Gasteiger partial charge in [0.25, 0.3) is 0 Å². The molecule has 3 rings (SSSR count). The maximum absolute atomic E-state index is 11.9. The summed E-state index contributed by atoms with van der Waals surface area (Å²) in [4.78, 5) is 29.2. The maximum Gasteiger partial charge on any atom is 0.314 e. The van der Waals surface area contributed by atoms with Crippen molar-refractivity contribution in [3.63, 3.8) is 0 Å². The van der Waals surface area contributed by atoms with E-state index >= 15 is 0 Å². The molecule has 2 aromatic heterocycles. The number of carbonyl (C=O) groups excluding carboxylic acids is 1. The number of nitriles is 1. The zero-order valence-corrected chi connectivity index (χ0v) is 16.9. The third kappa shape index (κ3) is 6.56. The van der Waals surface area contributed by atoms with E-state index in [0.29, 0.717) is 31.0 Å². The third-order valence-corrected chi connectivity index (χ3v) is 4.78. The minimum absolute atomic E-state index is 0.190. The SMILES string of the molecule is N#Cc1cccnc1NCCNC(=O)NCCCN1CCN(c2ncccn2)CC1. The second-order valence-electron chi connectivity index (χ2n) is 6.85. The first-order valence-corrected chi connectivity index (χ1v) is 10.1. The number of hydrogen-bond donors (Lipinski definition) is 3. The lowest BCUT2D eigenvalue weighted by Crippen LogP contribution is -2.47. The van der Waals surface area contributed by atoms with Crippen LogP contribution >= 0.6 is 0 Å². The predicted molar refractivity (Wildman–Crippen MR) is 114 cm³/mol. The van der Waals surface area contributed by atoms with Crippen LogP contribution in [0.15, 0.2) is 36.8 Å². The van der Waals surface area contributed by atoms with Crippen LogP contribution in [0.5, 0.6) is 0 Å².